The molecule has 0 saturated carbocycles. The molecular formula is C19H15Cl2N3O3S. The number of rotatable bonds is 6. The van der Waals surface area contributed by atoms with Crippen LogP contribution in [0.3, 0.4) is 0 Å². The van der Waals surface area contributed by atoms with Crippen molar-refractivity contribution in [3.8, 4) is 11.5 Å². The molecule has 0 unspecified atom stereocenters. The molecule has 0 fully saturated rings. The van der Waals surface area contributed by atoms with Crippen LogP contribution < -0.4 is 10.1 Å². The number of ether oxygens (including phenoxy) is 1. The van der Waals surface area contributed by atoms with Gasteiger partial charge in [-0.2, -0.15) is 0 Å². The normalized spacial score (nSPS) is 11.3. The van der Waals surface area contributed by atoms with Gasteiger partial charge in [-0.1, -0.05) is 40.6 Å². The van der Waals surface area contributed by atoms with Gasteiger partial charge in [-0.25, -0.2) is 0 Å². The van der Waals surface area contributed by atoms with Crippen LogP contribution in [-0.2, 0) is 0 Å². The van der Waals surface area contributed by atoms with Gasteiger partial charge in [-0.15, -0.1) is 10.2 Å². The first-order valence-corrected chi connectivity index (χ1v) is 9.77. The van der Waals surface area contributed by atoms with E-state index in [0.717, 1.165) is 11.3 Å². The zero-order valence-electron chi connectivity index (χ0n) is 14.6. The van der Waals surface area contributed by atoms with Gasteiger partial charge in [-0.05, 0) is 55.0 Å². The van der Waals surface area contributed by atoms with Crippen molar-refractivity contribution < 1.29 is 14.6 Å². The molecule has 28 heavy (non-hydrogen) atoms. The molecule has 0 atom stereocenters. The summed E-state index contributed by atoms with van der Waals surface area (Å²) in [7, 11) is 0. The Hall–Kier alpha value is -2.61. The molecule has 1 heterocycles. The molecule has 0 radical (unpaired) electrons. The van der Waals surface area contributed by atoms with E-state index >= 15 is 0 Å². The van der Waals surface area contributed by atoms with Gasteiger partial charge in [0.2, 0.25) is 5.01 Å². The second-order valence-corrected chi connectivity index (χ2v) is 7.35. The van der Waals surface area contributed by atoms with Crippen LogP contribution in [0.15, 0.2) is 42.5 Å². The van der Waals surface area contributed by atoms with E-state index in [-0.39, 0.29) is 16.7 Å². The van der Waals surface area contributed by atoms with Crippen LogP contribution in [-0.4, -0.2) is 27.8 Å². The number of carbonyl (C=O) groups is 1. The lowest BCUT2D eigenvalue weighted by Gasteiger charge is -2.06. The fourth-order valence-corrected chi connectivity index (χ4v) is 3.28. The van der Waals surface area contributed by atoms with E-state index in [4.69, 9.17) is 27.9 Å². The van der Waals surface area contributed by atoms with Gasteiger partial charge >= 0.3 is 0 Å². The number of phenolic OH excluding ortho intramolecular Hbond substituents is 1. The van der Waals surface area contributed by atoms with E-state index in [1.165, 1.54) is 6.07 Å². The molecule has 6 nitrogen and oxygen atoms in total. The first kappa shape index (κ1) is 20.1. The zero-order valence-corrected chi connectivity index (χ0v) is 17.0. The summed E-state index contributed by atoms with van der Waals surface area (Å²) in [5.41, 5.74) is 1.31. The number of phenols is 1. The summed E-state index contributed by atoms with van der Waals surface area (Å²) in [4.78, 5) is 12.3. The van der Waals surface area contributed by atoms with E-state index < -0.39 is 0 Å². The Labute approximate surface area is 175 Å². The van der Waals surface area contributed by atoms with Crippen molar-refractivity contribution in [3.05, 3.63) is 63.1 Å². The van der Waals surface area contributed by atoms with Gasteiger partial charge in [0, 0.05) is 10.7 Å². The molecule has 3 aromatic rings. The van der Waals surface area contributed by atoms with Crippen molar-refractivity contribution in [3.63, 3.8) is 0 Å². The van der Waals surface area contributed by atoms with E-state index in [2.05, 4.69) is 15.5 Å². The average molecular weight is 436 g/mol. The monoisotopic (exact) mass is 435 g/mol. The van der Waals surface area contributed by atoms with Crippen LogP contribution in [0.1, 0.15) is 27.3 Å². The Morgan fingerprint density at radius 3 is 2.64 bits per heavy atom. The maximum Gasteiger partial charge on any atom is 0.286 e. The Balaban J connectivity index is 1.75. The lowest BCUT2D eigenvalue weighted by molar-refractivity contribution is 0.102. The van der Waals surface area contributed by atoms with Gasteiger partial charge in [-0.3, -0.25) is 4.79 Å². The number of nitrogens with one attached hydrogen (secondary N) is 1. The highest BCUT2D eigenvalue weighted by Crippen LogP contribution is 2.30. The molecular weight excluding hydrogens is 421 g/mol. The second kappa shape index (κ2) is 9.05. The van der Waals surface area contributed by atoms with Crippen molar-refractivity contribution in [1.29, 1.82) is 0 Å². The number of aromatic hydroxyl groups is 1. The number of nitrogens with zero attached hydrogens (tertiary/aromatic N) is 2. The number of carbonyl (C=O) groups excluding carboxylic acids is 1. The largest absolute Gasteiger partial charge is 0.504 e. The fraction of sp³-hybridized carbons (Fsp3) is 0.105. The molecule has 2 N–H and O–H groups in total. The predicted molar refractivity (Wildman–Crippen MR) is 112 cm³/mol. The quantitative estimate of drug-likeness (QED) is 0.549. The Morgan fingerprint density at radius 2 is 1.93 bits per heavy atom. The third kappa shape index (κ3) is 5.01. The summed E-state index contributed by atoms with van der Waals surface area (Å²) in [6.45, 7) is 2.25. The van der Waals surface area contributed by atoms with Crippen molar-refractivity contribution in [2.24, 2.45) is 0 Å². The van der Waals surface area contributed by atoms with E-state index in [1.807, 2.05) is 6.92 Å². The third-order valence-corrected chi connectivity index (χ3v) is 5.11. The van der Waals surface area contributed by atoms with E-state index in [0.29, 0.717) is 38.7 Å². The first-order valence-electron chi connectivity index (χ1n) is 8.20. The molecule has 0 bridgehead atoms. The summed E-state index contributed by atoms with van der Waals surface area (Å²) in [5, 5.41) is 21.8. The highest BCUT2D eigenvalue weighted by Gasteiger charge is 2.15. The average Bonchev–Trinajstić information content (AvgIpc) is 3.17. The Kier molecular flexibility index (Phi) is 6.51. The second-order valence-electron chi connectivity index (χ2n) is 5.53. The topological polar surface area (TPSA) is 84.3 Å². The fourth-order valence-electron chi connectivity index (χ4n) is 2.23. The van der Waals surface area contributed by atoms with Gasteiger partial charge in [0.1, 0.15) is 0 Å². The van der Waals surface area contributed by atoms with Crippen molar-refractivity contribution in [1.82, 2.24) is 10.2 Å². The Morgan fingerprint density at radius 1 is 1.21 bits per heavy atom. The Bertz CT molecular complexity index is 1020. The minimum atomic E-state index is -0.390. The minimum Gasteiger partial charge on any atom is -0.504 e. The molecule has 0 aliphatic heterocycles. The molecule has 1 aromatic heterocycles. The maximum absolute atomic E-state index is 12.3. The summed E-state index contributed by atoms with van der Waals surface area (Å²) in [6, 6.07) is 11.6. The molecule has 9 heteroatoms. The van der Waals surface area contributed by atoms with Crippen LogP contribution in [0.25, 0.3) is 11.1 Å². The van der Waals surface area contributed by atoms with Crippen molar-refractivity contribution in [2.75, 3.05) is 11.9 Å². The first-order chi connectivity index (χ1) is 13.5. The molecule has 0 spiro atoms. The molecule has 0 aliphatic rings. The number of halogens is 2. The van der Waals surface area contributed by atoms with Crippen LogP contribution in [0.5, 0.6) is 11.5 Å². The third-order valence-electron chi connectivity index (χ3n) is 3.50. The van der Waals surface area contributed by atoms with Crippen molar-refractivity contribution in [2.45, 2.75) is 6.92 Å². The standard InChI is InChI=1S/C19H15Cl2N3O3S/c1-2-27-16-10-11(3-8-15(16)25)9-14(21)18-23-24-19(28-18)17(26)22-13-6-4-12(20)5-7-13/h3-10,25H,2H2,1H3,(H,22,26)/b14-9-. The van der Waals surface area contributed by atoms with E-state index in [9.17, 15) is 9.90 Å². The molecule has 0 aliphatic carbocycles. The van der Waals surface area contributed by atoms with Crippen LogP contribution in [0, 0.1) is 0 Å². The lowest BCUT2D eigenvalue weighted by atomic mass is 10.2. The van der Waals surface area contributed by atoms with E-state index in [1.54, 1.807) is 42.5 Å². The SMILES string of the molecule is CCOc1cc(/C=C(\Cl)c2nnc(C(=O)Nc3ccc(Cl)cc3)s2)ccc1O. The van der Waals surface area contributed by atoms with Crippen LogP contribution in [0.4, 0.5) is 5.69 Å². The summed E-state index contributed by atoms with van der Waals surface area (Å²) >= 11 is 13.2. The van der Waals surface area contributed by atoms with Crippen molar-refractivity contribution >= 4 is 57.2 Å². The summed E-state index contributed by atoms with van der Waals surface area (Å²) in [6.07, 6.45) is 1.66. The molecule has 1 amide bonds. The number of benzene rings is 2. The smallest absolute Gasteiger partial charge is 0.286 e. The van der Waals surface area contributed by atoms with Gasteiger partial charge in [0.25, 0.3) is 5.91 Å². The number of hydrogen-bond acceptors (Lipinski definition) is 6. The summed E-state index contributed by atoms with van der Waals surface area (Å²) in [5.74, 6) is 0.0204. The molecule has 3 rings (SSSR count). The number of amides is 1. The maximum atomic E-state index is 12.3. The van der Waals surface area contributed by atoms with Gasteiger partial charge in [0.15, 0.2) is 16.5 Å². The minimum absolute atomic E-state index is 0.0483. The number of aromatic nitrogens is 2. The number of hydrogen-bond donors (Lipinski definition) is 2. The predicted octanol–water partition coefficient (Wildman–Crippen LogP) is 5.29. The van der Waals surface area contributed by atoms with Gasteiger partial charge in [0.05, 0.1) is 11.6 Å². The molecule has 144 valence electrons. The molecule has 0 saturated heterocycles. The zero-order chi connectivity index (χ0) is 20.1. The highest BCUT2D eigenvalue weighted by atomic mass is 35.5. The number of anilines is 1. The van der Waals surface area contributed by atoms with Crippen LogP contribution in [0.2, 0.25) is 5.02 Å². The lowest BCUT2D eigenvalue weighted by Crippen LogP contribution is -2.11. The van der Waals surface area contributed by atoms with Gasteiger partial charge < -0.3 is 15.2 Å². The summed E-state index contributed by atoms with van der Waals surface area (Å²) < 4.78 is 5.36. The van der Waals surface area contributed by atoms with Crippen LogP contribution >= 0.6 is 34.5 Å². The molecule has 2 aromatic carbocycles. The highest BCUT2D eigenvalue weighted by molar-refractivity contribution is 7.15.